The third kappa shape index (κ3) is 3.39. The largest absolute Gasteiger partial charge is 0.135 e. The smallest absolute Gasteiger partial charge is 0.0434 e. The summed E-state index contributed by atoms with van der Waals surface area (Å²) in [5, 5.41) is 10.5. The van der Waals surface area contributed by atoms with Crippen molar-refractivity contribution in [2.45, 2.75) is 19.3 Å². The van der Waals surface area contributed by atoms with Gasteiger partial charge in [0.15, 0.2) is 0 Å². The highest BCUT2D eigenvalue weighted by Crippen LogP contribution is 2.56. The normalized spacial score (nSPS) is 13.6. The fourth-order valence-electron chi connectivity index (χ4n) is 8.41. The standard InChI is InChI=1S/C45H30S/c1-45(2)37-23-12-21-35(43(37)42-28-14-4-3-13-27(28)25-26-38(42)45)40-30-16-5-7-18-32(30)41(33-19-8-6-17-31(33)40)36-22-11-20-34-29-15-9-10-24-39(29)46-44(34)36/h3-26H,1-2H3. The average Bonchev–Trinajstić information content (AvgIpc) is 3.60. The summed E-state index contributed by atoms with van der Waals surface area (Å²) in [6.07, 6.45) is 0. The third-order valence-electron chi connectivity index (χ3n) is 10.5. The lowest BCUT2D eigenvalue weighted by molar-refractivity contribution is 0.661. The van der Waals surface area contributed by atoms with Crippen LogP contribution in [0.15, 0.2) is 146 Å². The number of hydrogen-bond acceptors (Lipinski definition) is 1. The molecule has 0 radical (unpaired) electrons. The summed E-state index contributed by atoms with van der Waals surface area (Å²) in [4.78, 5) is 0. The highest BCUT2D eigenvalue weighted by atomic mass is 32.1. The Hall–Kier alpha value is -5.24. The lowest BCUT2D eigenvalue weighted by Crippen LogP contribution is -2.14. The third-order valence-corrected chi connectivity index (χ3v) is 11.7. The van der Waals surface area contributed by atoms with Crippen LogP contribution in [-0.2, 0) is 5.41 Å². The van der Waals surface area contributed by atoms with E-state index in [2.05, 4.69) is 159 Å². The SMILES string of the molecule is CC1(C)c2cccc(-c3c4ccccc4c(-c4cccc5c4sc4ccccc45)c4ccccc34)c2-c2c1ccc1ccccc21. The molecular weight excluding hydrogens is 573 g/mol. The first-order valence-electron chi connectivity index (χ1n) is 16.1. The second-order valence-corrected chi connectivity index (χ2v) is 14.2. The van der Waals surface area contributed by atoms with Gasteiger partial charge in [-0.2, -0.15) is 0 Å². The Labute approximate surface area is 272 Å². The number of rotatable bonds is 2. The zero-order chi connectivity index (χ0) is 30.6. The summed E-state index contributed by atoms with van der Waals surface area (Å²) in [6.45, 7) is 4.78. The van der Waals surface area contributed by atoms with Gasteiger partial charge in [-0.1, -0.05) is 153 Å². The van der Waals surface area contributed by atoms with Gasteiger partial charge < -0.3 is 0 Å². The summed E-state index contributed by atoms with van der Waals surface area (Å²) >= 11 is 1.91. The number of hydrogen-bond donors (Lipinski definition) is 0. The molecule has 0 atom stereocenters. The lowest BCUT2D eigenvalue weighted by atomic mass is 9.80. The van der Waals surface area contributed by atoms with E-state index in [1.807, 2.05) is 11.3 Å². The fraction of sp³-hybridized carbons (Fsp3) is 0.0667. The minimum absolute atomic E-state index is 0.0902. The van der Waals surface area contributed by atoms with Gasteiger partial charge >= 0.3 is 0 Å². The maximum absolute atomic E-state index is 2.39. The first-order chi connectivity index (χ1) is 22.6. The molecule has 1 heterocycles. The van der Waals surface area contributed by atoms with E-state index >= 15 is 0 Å². The highest BCUT2D eigenvalue weighted by Gasteiger charge is 2.38. The van der Waals surface area contributed by atoms with Crippen LogP contribution in [0, 0.1) is 0 Å². The molecule has 0 saturated heterocycles. The Morgan fingerprint density at radius 2 is 0.891 bits per heavy atom. The first kappa shape index (κ1) is 26.0. The van der Waals surface area contributed by atoms with Gasteiger partial charge in [0.25, 0.3) is 0 Å². The molecule has 1 heteroatoms. The van der Waals surface area contributed by atoms with Gasteiger partial charge in [-0.25, -0.2) is 0 Å². The van der Waals surface area contributed by atoms with Gasteiger partial charge in [-0.15, -0.1) is 11.3 Å². The monoisotopic (exact) mass is 602 g/mol. The minimum Gasteiger partial charge on any atom is -0.135 e. The van der Waals surface area contributed by atoms with E-state index in [1.165, 1.54) is 97.0 Å². The van der Waals surface area contributed by atoms with Gasteiger partial charge in [0.05, 0.1) is 0 Å². The van der Waals surface area contributed by atoms with Gasteiger partial charge in [0.2, 0.25) is 0 Å². The predicted molar refractivity (Wildman–Crippen MR) is 200 cm³/mol. The molecule has 0 bridgehead atoms. The van der Waals surface area contributed by atoms with Crippen LogP contribution in [0.1, 0.15) is 25.0 Å². The van der Waals surface area contributed by atoms with Crippen LogP contribution in [0.3, 0.4) is 0 Å². The van der Waals surface area contributed by atoms with Crippen LogP contribution in [0.25, 0.3) is 85.9 Å². The highest BCUT2D eigenvalue weighted by molar-refractivity contribution is 7.26. The van der Waals surface area contributed by atoms with Gasteiger partial charge in [-0.3, -0.25) is 0 Å². The van der Waals surface area contributed by atoms with Crippen LogP contribution in [0.5, 0.6) is 0 Å². The summed E-state index contributed by atoms with van der Waals surface area (Å²) in [5.41, 5.74) is 10.8. The summed E-state index contributed by atoms with van der Waals surface area (Å²) < 4.78 is 2.69. The van der Waals surface area contributed by atoms with Crippen molar-refractivity contribution >= 4 is 63.8 Å². The minimum atomic E-state index is -0.0902. The molecule has 1 aliphatic rings. The second kappa shape index (κ2) is 9.39. The van der Waals surface area contributed by atoms with Crippen LogP contribution < -0.4 is 0 Å². The molecule has 8 aromatic carbocycles. The van der Waals surface area contributed by atoms with Crippen molar-refractivity contribution in [3.05, 3.63) is 157 Å². The molecule has 9 aromatic rings. The molecule has 0 N–H and O–H groups in total. The molecule has 0 unspecified atom stereocenters. The lowest BCUT2D eigenvalue weighted by Gasteiger charge is -2.22. The zero-order valence-electron chi connectivity index (χ0n) is 25.8. The summed E-state index contributed by atoms with van der Waals surface area (Å²) in [6, 6.07) is 54.4. The molecular formula is C45H30S. The molecule has 0 saturated carbocycles. The molecule has 1 aromatic heterocycles. The van der Waals surface area contributed by atoms with Crippen molar-refractivity contribution < 1.29 is 0 Å². The van der Waals surface area contributed by atoms with Crippen LogP contribution in [0.4, 0.5) is 0 Å². The van der Waals surface area contributed by atoms with Crippen molar-refractivity contribution in [3.8, 4) is 33.4 Å². The van der Waals surface area contributed by atoms with Crippen molar-refractivity contribution in [3.63, 3.8) is 0 Å². The molecule has 0 spiro atoms. The van der Waals surface area contributed by atoms with Gasteiger partial charge in [0.1, 0.15) is 0 Å². The molecule has 10 rings (SSSR count). The fourth-order valence-corrected chi connectivity index (χ4v) is 9.63. The van der Waals surface area contributed by atoms with E-state index in [9.17, 15) is 0 Å². The second-order valence-electron chi connectivity index (χ2n) is 13.2. The van der Waals surface area contributed by atoms with E-state index in [4.69, 9.17) is 0 Å². The molecule has 216 valence electrons. The van der Waals surface area contributed by atoms with Crippen LogP contribution in [0.2, 0.25) is 0 Å². The Morgan fingerprint density at radius 3 is 1.61 bits per heavy atom. The molecule has 0 amide bonds. The summed E-state index contributed by atoms with van der Waals surface area (Å²) in [7, 11) is 0. The van der Waals surface area contributed by atoms with E-state index in [-0.39, 0.29) is 5.41 Å². The first-order valence-corrected chi connectivity index (χ1v) is 16.9. The van der Waals surface area contributed by atoms with Crippen molar-refractivity contribution in [1.29, 1.82) is 0 Å². The average molecular weight is 603 g/mol. The van der Waals surface area contributed by atoms with Crippen LogP contribution in [-0.4, -0.2) is 0 Å². The van der Waals surface area contributed by atoms with Gasteiger partial charge in [0, 0.05) is 31.2 Å². The Balaban J connectivity index is 1.36. The molecule has 0 nitrogen and oxygen atoms in total. The van der Waals surface area contributed by atoms with Crippen molar-refractivity contribution in [2.24, 2.45) is 0 Å². The maximum atomic E-state index is 2.39. The molecule has 46 heavy (non-hydrogen) atoms. The Kier molecular flexibility index (Phi) is 5.31. The molecule has 0 aliphatic heterocycles. The molecule has 1 aliphatic carbocycles. The van der Waals surface area contributed by atoms with Crippen molar-refractivity contribution in [2.75, 3.05) is 0 Å². The number of benzene rings is 8. The predicted octanol–water partition coefficient (Wildman–Crippen LogP) is 13.2. The topological polar surface area (TPSA) is 0 Å². The van der Waals surface area contributed by atoms with E-state index < -0.39 is 0 Å². The summed E-state index contributed by atoms with van der Waals surface area (Å²) in [5.74, 6) is 0. The Bertz CT molecular complexity index is 2660. The van der Waals surface area contributed by atoms with E-state index in [0.29, 0.717) is 0 Å². The molecule has 0 fully saturated rings. The van der Waals surface area contributed by atoms with Crippen molar-refractivity contribution in [1.82, 2.24) is 0 Å². The number of fused-ring (bicyclic) bond motifs is 10. The number of thiophene rings is 1. The van der Waals surface area contributed by atoms with E-state index in [0.717, 1.165) is 0 Å². The zero-order valence-corrected chi connectivity index (χ0v) is 26.6. The van der Waals surface area contributed by atoms with E-state index in [1.54, 1.807) is 0 Å². The van der Waals surface area contributed by atoms with Crippen LogP contribution >= 0.6 is 11.3 Å². The quantitative estimate of drug-likeness (QED) is 0.173. The van der Waals surface area contributed by atoms with Gasteiger partial charge in [-0.05, 0) is 77.3 Å². The Morgan fingerprint density at radius 1 is 0.370 bits per heavy atom. The maximum Gasteiger partial charge on any atom is 0.0434 e.